The minimum absolute atomic E-state index is 0.0181. The Balaban J connectivity index is 1.82. The van der Waals surface area contributed by atoms with Crippen LogP contribution in [-0.2, 0) is 14.3 Å². The number of aromatic nitrogens is 1. The van der Waals surface area contributed by atoms with Crippen LogP contribution in [0.4, 0.5) is 5.13 Å². The van der Waals surface area contributed by atoms with Crippen molar-refractivity contribution in [1.82, 2.24) is 9.88 Å². The molecule has 0 radical (unpaired) electrons. The molecular weight excluding hydrogens is 318 g/mol. The number of hydrogen-bond donors (Lipinski definition) is 1. The van der Waals surface area contributed by atoms with E-state index in [-0.39, 0.29) is 30.4 Å². The molecule has 1 aromatic rings. The van der Waals surface area contributed by atoms with E-state index in [1.165, 1.54) is 11.3 Å². The molecule has 0 aliphatic carbocycles. The average Bonchev–Trinajstić information content (AvgIpc) is 2.98. The SMILES string of the molecule is C=CCNc1nc(C(=O)OCC(=O)N2C[C@@H](C)O[C@@H](C)C2)cs1. The Morgan fingerprint density at radius 3 is 2.87 bits per heavy atom. The highest BCUT2D eigenvalue weighted by molar-refractivity contribution is 7.13. The molecule has 2 atom stereocenters. The van der Waals surface area contributed by atoms with Gasteiger partial charge < -0.3 is 19.7 Å². The predicted octanol–water partition coefficient (Wildman–Crippen LogP) is 1.53. The number of esters is 1. The summed E-state index contributed by atoms with van der Waals surface area (Å²) < 4.78 is 10.6. The van der Waals surface area contributed by atoms with Crippen molar-refractivity contribution in [2.75, 3.05) is 31.6 Å². The zero-order valence-corrected chi connectivity index (χ0v) is 14.1. The number of carbonyl (C=O) groups excluding carboxylic acids is 2. The second-order valence-corrected chi connectivity index (χ2v) is 6.20. The molecule has 126 valence electrons. The highest BCUT2D eigenvalue weighted by atomic mass is 32.1. The van der Waals surface area contributed by atoms with Crippen LogP contribution in [-0.4, -0.2) is 60.2 Å². The maximum Gasteiger partial charge on any atom is 0.358 e. The van der Waals surface area contributed by atoms with Crippen LogP contribution in [0.5, 0.6) is 0 Å². The molecule has 1 N–H and O–H groups in total. The first-order valence-electron chi connectivity index (χ1n) is 7.40. The van der Waals surface area contributed by atoms with Crippen molar-refractivity contribution in [3.63, 3.8) is 0 Å². The standard InChI is InChI=1S/C15H21N3O4S/c1-4-5-16-15-17-12(9-23-15)14(20)21-8-13(19)18-6-10(2)22-11(3)7-18/h4,9-11H,1,5-8H2,2-3H3,(H,16,17)/t10-,11+. The quantitative estimate of drug-likeness (QED) is 0.625. The van der Waals surface area contributed by atoms with Crippen molar-refractivity contribution < 1.29 is 19.1 Å². The van der Waals surface area contributed by atoms with Crippen molar-refractivity contribution >= 4 is 28.3 Å². The molecule has 0 spiro atoms. The van der Waals surface area contributed by atoms with Gasteiger partial charge in [0.1, 0.15) is 0 Å². The summed E-state index contributed by atoms with van der Waals surface area (Å²) in [6, 6.07) is 0. The number of ether oxygens (including phenoxy) is 2. The van der Waals surface area contributed by atoms with Crippen LogP contribution in [0, 0.1) is 0 Å². The van der Waals surface area contributed by atoms with Crippen molar-refractivity contribution in [3.8, 4) is 0 Å². The first-order chi connectivity index (χ1) is 11.0. The molecule has 1 fully saturated rings. The second kappa shape index (κ2) is 8.07. The third kappa shape index (κ3) is 5.04. The van der Waals surface area contributed by atoms with E-state index in [9.17, 15) is 9.59 Å². The van der Waals surface area contributed by atoms with Gasteiger partial charge >= 0.3 is 5.97 Å². The van der Waals surface area contributed by atoms with Gasteiger partial charge in [0.25, 0.3) is 5.91 Å². The van der Waals surface area contributed by atoms with Crippen molar-refractivity contribution in [2.24, 2.45) is 0 Å². The maximum absolute atomic E-state index is 12.1. The lowest BCUT2D eigenvalue weighted by atomic mass is 10.2. The van der Waals surface area contributed by atoms with Crippen molar-refractivity contribution in [3.05, 3.63) is 23.7 Å². The maximum atomic E-state index is 12.1. The molecule has 1 aromatic heterocycles. The van der Waals surface area contributed by atoms with Crippen LogP contribution in [0.25, 0.3) is 0 Å². The number of thiazole rings is 1. The molecule has 1 aliphatic heterocycles. The van der Waals surface area contributed by atoms with Gasteiger partial charge in [0.2, 0.25) is 0 Å². The summed E-state index contributed by atoms with van der Waals surface area (Å²) in [6.07, 6.45) is 1.66. The molecule has 8 heteroatoms. The van der Waals surface area contributed by atoms with E-state index in [1.807, 2.05) is 13.8 Å². The third-order valence-corrected chi connectivity index (χ3v) is 4.01. The number of amides is 1. The number of rotatable bonds is 6. The topological polar surface area (TPSA) is 80.8 Å². The Hall–Kier alpha value is -1.93. The van der Waals surface area contributed by atoms with Crippen LogP contribution < -0.4 is 5.32 Å². The fourth-order valence-electron chi connectivity index (χ4n) is 2.28. The lowest BCUT2D eigenvalue weighted by molar-refractivity contribution is -0.146. The number of morpholine rings is 1. The summed E-state index contributed by atoms with van der Waals surface area (Å²) in [6.45, 7) is 8.71. The molecule has 23 heavy (non-hydrogen) atoms. The van der Waals surface area contributed by atoms with Gasteiger partial charge in [-0.2, -0.15) is 0 Å². The Bertz CT molecular complexity index is 565. The summed E-state index contributed by atoms with van der Waals surface area (Å²) in [5.41, 5.74) is 0.193. The molecule has 1 aliphatic rings. The normalized spacial score (nSPS) is 20.9. The fourth-order valence-corrected chi connectivity index (χ4v) is 2.97. The zero-order chi connectivity index (χ0) is 16.8. The highest BCUT2D eigenvalue weighted by Gasteiger charge is 2.26. The first-order valence-corrected chi connectivity index (χ1v) is 8.28. The molecule has 1 amide bonds. The Labute approximate surface area is 139 Å². The minimum atomic E-state index is -0.601. The average molecular weight is 339 g/mol. The molecule has 1 saturated heterocycles. The summed E-state index contributed by atoms with van der Waals surface area (Å²) in [5.74, 6) is -0.823. The van der Waals surface area contributed by atoms with Crippen LogP contribution in [0.1, 0.15) is 24.3 Å². The Kier molecular flexibility index (Phi) is 6.12. The van der Waals surface area contributed by atoms with Crippen LogP contribution in [0.3, 0.4) is 0 Å². The molecule has 7 nitrogen and oxygen atoms in total. The highest BCUT2D eigenvalue weighted by Crippen LogP contribution is 2.16. The van der Waals surface area contributed by atoms with Gasteiger partial charge in [-0.15, -0.1) is 17.9 Å². The number of carbonyl (C=O) groups is 2. The summed E-state index contributed by atoms with van der Waals surface area (Å²) in [7, 11) is 0. The fraction of sp³-hybridized carbons (Fsp3) is 0.533. The number of anilines is 1. The lowest BCUT2D eigenvalue weighted by Crippen LogP contribution is -2.49. The molecule has 2 rings (SSSR count). The van der Waals surface area contributed by atoms with E-state index in [0.717, 1.165) is 0 Å². The number of nitrogens with one attached hydrogen (secondary N) is 1. The van der Waals surface area contributed by atoms with Crippen LogP contribution in [0.2, 0.25) is 0 Å². The van der Waals surface area contributed by atoms with E-state index in [0.29, 0.717) is 24.8 Å². The monoisotopic (exact) mass is 339 g/mol. The summed E-state index contributed by atoms with van der Waals surface area (Å²) in [5, 5.41) is 5.19. The molecule has 2 heterocycles. The summed E-state index contributed by atoms with van der Waals surface area (Å²) in [4.78, 5) is 29.8. The van der Waals surface area contributed by atoms with E-state index in [2.05, 4.69) is 16.9 Å². The van der Waals surface area contributed by atoms with Crippen LogP contribution in [0.15, 0.2) is 18.0 Å². The van der Waals surface area contributed by atoms with Crippen molar-refractivity contribution in [2.45, 2.75) is 26.1 Å². The van der Waals surface area contributed by atoms with Crippen LogP contribution >= 0.6 is 11.3 Å². The second-order valence-electron chi connectivity index (χ2n) is 5.34. The van der Waals surface area contributed by atoms with Gasteiger partial charge in [-0.05, 0) is 13.8 Å². The zero-order valence-electron chi connectivity index (χ0n) is 13.3. The van der Waals surface area contributed by atoms with E-state index >= 15 is 0 Å². The molecule has 0 aromatic carbocycles. The van der Waals surface area contributed by atoms with Gasteiger partial charge in [-0.1, -0.05) is 6.08 Å². The number of nitrogens with zero attached hydrogens (tertiary/aromatic N) is 2. The Morgan fingerprint density at radius 1 is 1.52 bits per heavy atom. The molecular formula is C15H21N3O4S. The van der Waals surface area contributed by atoms with E-state index < -0.39 is 5.97 Å². The predicted molar refractivity (Wildman–Crippen MR) is 87.7 cm³/mol. The molecule has 0 unspecified atom stereocenters. The smallest absolute Gasteiger partial charge is 0.358 e. The number of hydrogen-bond acceptors (Lipinski definition) is 7. The van der Waals surface area contributed by atoms with Gasteiger partial charge in [-0.3, -0.25) is 4.79 Å². The van der Waals surface area contributed by atoms with Gasteiger partial charge in [-0.25, -0.2) is 9.78 Å². The largest absolute Gasteiger partial charge is 0.451 e. The first kappa shape index (κ1) is 17.4. The van der Waals surface area contributed by atoms with Crippen molar-refractivity contribution in [1.29, 1.82) is 0 Å². The summed E-state index contributed by atoms with van der Waals surface area (Å²) >= 11 is 1.30. The third-order valence-electron chi connectivity index (χ3n) is 3.21. The van der Waals surface area contributed by atoms with Gasteiger partial charge in [0.15, 0.2) is 17.4 Å². The molecule has 0 bridgehead atoms. The van der Waals surface area contributed by atoms with Gasteiger partial charge in [0, 0.05) is 25.0 Å². The van der Waals surface area contributed by atoms with E-state index in [4.69, 9.17) is 9.47 Å². The van der Waals surface area contributed by atoms with E-state index in [1.54, 1.807) is 16.4 Å². The van der Waals surface area contributed by atoms with Gasteiger partial charge in [0.05, 0.1) is 12.2 Å². The lowest BCUT2D eigenvalue weighted by Gasteiger charge is -2.35. The Morgan fingerprint density at radius 2 is 2.22 bits per heavy atom. The molecule has 0 saturated carbocycles. The minimum Gasteiger partial charge on any atom is -0.451 e.